The van der Waals surface area contributed by atoms with Crippen molar-refractivity contribution in [2.45, 2.75) is 105 Å². The van der Waals surface area contributed by atoms with Gasteiger partial charge in [-0.15, -0.1) is 0 Å². The van der Waals surface area contributed by atoms with Gasteiger partial charge in [0, 0.05) is 7.26 Å². The number of rotatable bonds is 18. The molecule has 0 radical (unpaired) electrons. The Kier molecular flexibility index (Phi) is 15.4. The fraction of sp³-hybridized carbons (Fsp3) is 0.400. The van der Waals surface area contributed by atoms with Gasteiger partial charge in [-0.25, -0.2) is 0 Å². The van der Waals surface area contributed by atoms with E-state index < -0.39 is 13.4 Å². The molecule has 274 valence electrons. The first-order valence-electron chi connectivity index (χ1n) is 21.0. The van der Waals surface area contributed by atoms with Crippen molar-refractivity contribution in [1.82, 2.24) is 0 Å². The topological polar surface area (TPSA) is 0 Å². The zero-order valence-electron chi connectivity index (χ0n) is 33.3. The van der Waals surface area contributed by atoms with E-state index in [0.29, 0.717) is 0 Å². The lowest BCUT2D eigenvalue weighted by Crippen LogP contribution is -2.67. The van der Waals surface area contributed by atoms with Crippen molar-refractivity contribution >= 4 is 62.1 Å². The zero-order valence-corrected chi connectivity index (χ0v) is 34.1. The third-order valence-corrected chi connectivity index (χ3v) is 17.1. The van der Waals surface area contributed by atoms with Crippen LogP contribution in [0.5, 0.6) is 0 Å². The summed E-state index contributed by atoms with van der Waals surface area (Å²) in [7, 11) is -0.562. The van der Waals surface area contributed by atoms with Crippen LogP contribution in [-0.4, -0.2) is 30.8 Å². The minimum atomic E-state index is -1.25. The lowest BCUT2D eigenvalue weighted by molar-refractivity contribution is 0.814. The van der Waals surface area contributed by atoms with Gasteiger partial charge in [0.1, 0.15) is 0 Å². The van der Waals surface area contributed by atoms with Crippen molar-refractivity contribution in [1.29, 1.82) is 0 Å². The van der Waals surface area contributed by atoms with Gasteiger partial charge in [-0.2, -0.15) is 22.7 Å². The molecule has 0 aromatic heterocycles. The molecule has 0 saturated carbocycles. The summed E-state index contributed by atoms with van der Waals surface area (Å²) in [6, 6.07) is 47.5. The molecule has 0 bridgehead atoms. The van der Waals surface area contributed by atoms with Crippen molar-refractivity contribution in [2.75, 3.05) is 24.6 Å². The van der Waals surface area contributed by atoms with Gasteiger partial charge in [-0.3, -0.25) is 0 Å². The van der Waals surface area contributed by atoms with Gasteiger partial charge in [0.25, 0.3) is 0 Å². The Morgan fingerprint density at radius 3 is 0.942 bits per heavy atom. The number of hydrogen-bond donors (Lipinski definition) is 0. The van der Waals surface area contributed by atoms with E-state index >= 15 is 0 Å². The Labute approximate surface area is 318 Å². The van der Waals surface area contributed by atoms with Gasteiger partial charge in [-0.1, -0.05) is 217 Å². The van der Waals surface area contributed by atoms with Crippen LogP contribution in [0.4, 0.5) is 0 Å². The second kappa shape index (κ2) is 20.2. The highest BCUT2D eigenvalue weighted by Gasteiger charge is 2.35. The van der Waals surface area contributed by atoms with E-state index in [1.165, 1.54) is 113 Å². The van der Waals surface area contributed by atoms with Crippen molar-refractivity contribution in [3.8, 4) is 0 Å². The van der Waals surface area contributed by atoms with Gasteiger partial charge in [0.15, 0.2) is 0 Å². The van der Waals surface area contributed by atoms with E-state index in [2.05, 4.69) is 162 Å². The van der Waals surface area contributed by atoms with E-state index in [4.69, 9.17) is 0 Å². The van der Waals surface area contributed by atoms with E-state index in [9.17, 15) is 0 Å². The quantitative estimate of drug-likeness (QED) is 0.0616. The monoisotopic (exact) mass is 708 g/mol. The molecule has 0 atom stereocenters. The number of hydrogen-bond acceptors (Lipinski definition) is 0. The third kappa shape index (κ3) is 9.20. The first kappa shape index (κ1) is 39.8. The summed E-state index contributed by atoms with van der Waals surface area (Å²) in [6.07, 6.45) is 20.2. The maximum absolute atomic E-state index is 2.40. The van der Waals surface area contributed by atoms with Crippen LogP contribution in [0.3, 0.4) is 0 Å². The molecule has 0 aliphatic rings. The fourth-order valence-electron chi connectivity index (χ4n) is 9.16. The van der Waals surface area contributed by atoms with Crippen LogP contribution in [0, 0.1) is 0 Å². The predicted octanol–water partition coefficient (Wildman–Crippen LogP) is 13.6. The minimum Gasteiger partial charge on any atom is -0.192 e. The van der Waals surface area contributed by atoms with E-state index in [1.807, 2.05) is 0 Å². The Morgan fingerprint density at radius 1 is 0.346 bits per heavy atom. The van der Waals surface area contributed by atoms with Gasteiger partial charge < -0.3 is 0 Å². The van der Waals surface area contributed by atoms with Crippen LogP contribution < -0.4 is 16.4 Å². The fourth-order valence-corrected chi connectivity index (χ4v) is 14.5. The lowest BCUT2D eigenvalue weighted by Gasteiger charge is -2.45. The minimum absolute atomic E-state index is 0.562. The highest BCUT2D eigenvalue weighted by atomic mass is 31.2. The summed E-state index contributed by atoms with van der Waals surface area (Å²) < 4.78 is 0. The smallest absolute Gasteiger partial charge is 0.0837 e. The maximum Gasteiger partial charge on any atom is 0.0837 e. The number of benzene rings is 6. The molecule has 0 fully saturated rings. The SMILES string of the molecule is CCCC[B-](c1cccc2ccccc12)(c1cccc2ccccc12)c1cccc2ccccc12.CCCC[P+](CCCC)(CCCC)CCCC. The Hall–Kier alpha value is -3.41. The van der Waals surface area contributed by atoms with Crippen LogP contribution in [0.1, 0.15) is 98.8 Å². The van der Waals surface area contributed by atoms with E-state index in [0.717, 1.165) is 6.32 Å². The number of unbranched alkanes of at least 4 members (excludes halogenated alkanes) is 5. The largest absolute Gasteiger partial charge is 0.192 e. The number of fused-ring (bicyclic) bond motifs is 3. The average Bonchev–Trinajstić information content (AvgIpc) is 3.21. The molecule has 0 spiro atoms. The van der Waals surface area contributed by atoms with Crippen LogP contribution in [0.15, 0.2) is 127 Å². The van der Waals surface area contributed by atoms with Crippen molar-refractivity contribution in [3.05, 3.63) is 127 Å². The molecule has 0 aliphatic heterocycles. The summed E-state index contributed by atoms with van der Waals surface area (Å²) >= 11 is 0. The van der Waals surface area contributed by atoms with E-state index in [-0.39, 0.29) is 0 Å². The Bertz CT molecular complexity index is 1710. The maximum atomic E-state index is 2.40. The molecule has 0 unspecified atom stereocenters. The average molecular weight is 709 g/mol. The predicted molar refractivity (Wildman–Crippen MR) is 242 cm³/mol. The van der Waals surface area contributed by atoms with Crippen LogP contribution in [0.25, 0.3) is 32.3 Å². The van der Waals surface area contributed by atoms with Gasteiger partial charge >= 0.3 is 0 Å². The molecule has 2 heteroatoms. The van der Waals surface area contributed by atoms with Crippen LogP contribution in [0.2, 0.25) is 6.32 Å². The second-order valence-corrected chi connectivity index (χ2v) is 20.0. The Morgan fingerprint density at radius 2 is 0.635 bits per heavy atom. The summed E-state index contributed by atoms with van der Waals surface area (Å²) in [5.74, 6) is 0. The lowest BCUT2D eigenvalue weighted by atomic mass is 9.13. The summed E-state index contributed by atoms with van der Waals surface area (Å²) in [5, 5.41) is 8.04. The van der Waals surface area contributed by atoms with Crippen LogP contribution in [-0.2, 0) is 0 Å². The summed E-state index contributed by atoms with van der Waals surface area (Å²) in [6.45, 7) is 11.7. The zero-order chi connectivity index (χ0) is 36.7. The molecule has 52 heavy (non-hydrogen) atoms. The molecule has 0 amide bonds. The first-order chi connectivity index (χ1) is 25.6. The molecule has 0 N–H and O–H groups in total. The molecular weight excluding hydrogens is 642 g/mol. The summed E-state index contributed by atoms with van der Waals surface area (Å²) in [5.41, 5.74) is 4.39. The molecule has 6 aromatic rings. The van der Waals surface area contributed by atoms with E-state index in [1.54, 1.807) is 24.6 Å². The highest BCUT2D eigenvalue weighted by Crippen LogP contribution is 2.61. The van der Waals surface area contributed by atoms with Gasteiger partial charge in [0.05, 0.1) is 30.8 Å². The molecule has 0 heterocycles. The standard InChI is InChI=1S/C34H30B.C16H36P/c1-2-3-25-35(32-22-10-16-26-13-4-7-19-29(26)32,33-23-11-17-27-14-5-8-20-30(27)33)34-24-12-18-28-15-6-9-21-31(28)34;1-5-9-13-17(14-10-6-2,15-11-7-3)16-12-8-4/h4-24H,2-3,25H2,1H3;5-16H2,1-4H3/q-1;+1. The van der Waals surface area contributed by atoms with Crippen molar-refractivity contribution < 1.29 is 0 Å². The molecule has 6 rings (SSSR count). The van der Waals surface area contributed by atoms with Crippen molar-refractivity contribution in [2.24, 2.45) is 0 Å². The second-order valence-electron chi connectivity index (χ2n) is 15.5. The Balaban J connectivity index is 0.000000262. The highest BCUT2D eigenvalue weighted by molar-refractivity contribution is 7.75. The van der Waals surface area contributed by atoms with Crippen molar-refractivity contribution in [3.63, 3.8) is 0 Å². The molecule has 0 aliphatic carbocycles. The van der Waals surface area contributed by atoms with Gasteiger partial charge in [-0.05, 0) is 41.8 Å². The van der Waals surface area contributed by atoms with Gasteiger partial charge in [0.2, 0.25) is 0 Å². The first-order valence-corrected chi connectivity index (χ1v) is 23.6. The molecule has 6 aromatic carbocycles. The van der Waals surface area contributed by atoms with Crippen LogP contribution >= 0.6 is 7.26 Å². The normalized spacial score (nSPS) is 11.9. The third-order valence-electron chi connectivity index (χ3n) is 12.0. The summed E-state index contributed by atoms with van der Waals surface area (Å²) in [4.78, 5) is 0. The molecule has 0 saturated heterocycles. The molecule has 0 nitrogen and oxygen atoms in total. The molecular formula is C50H66BP.